The monoisotopic (exact) mass is 569 g/mol. The minimum atomic E-state index is -4.12. The number of carboxylic acid groups (broad SMARTS) is 1. The van der Waals surface area contributed by atoms with E-state index >= 15 is 0 Å². The zero-order valence-corrected chi connectivity index (χ0v) is 23.8. The predicted molar refractivity (Wildman–Crippen MR) is 152 cm³/mol. The first kappa shape index (κ1) is 30.0. The van der Waals surface area contributed by atoms with Crippen molar-refractivity contribution in [2.45, 2.75) is 32.9 Å². The van der Waals surface area contributed by atoms with Crippen molar-refractivity contribution in [2.24, 2.45) is 15.9 Å². The third-order valence-corrected chi connectivity index (χ3v) is 7.84. The summed E-state index contributed by atoms with van der Waals surface area (Å²) in [5.41, 5.74) is 1.36. The van der Waals surface area contributed by atoms with Crippen LogP contribution in [0.4, 0.5) is 5.95 Å². The highest BCUT2D eigenvalue weighted by Gasteiger charge is 2.32. The minimum Gasteiger partial charge on any atom is -0.494 e. The van der Waals surface area contributed by atoms with E-state index in [1.165, 1.54) is 44.2 Å². The molecule has 0 amide bonds. The zero-order chi connectivity index (χ0) is 29.6. The molecule has 2 atom stereocenters. The van der Waals surface area contributed by atoms with Crippen LogP contribution in [0.3, 0.4) is 0 Å². The highest BCUT2D eigenvalue weighted by molar-refractivity contribution is 7.93. The fourth-order valence-electron chi connectivity index (χ4n) is 3.68. The lowest BCUT2D eigenvalue weighted by Gasteiger charge is -2.21. The fraction of sp³-hybridized carbons (Fsp3) is 0.308. The molecule has 2 aromatic heterocycles. The van der Waals surface area contributed by atoms with E-state index in [0.29, 0.717) is 11.5 Å². The van der Waals surface area contributed by atoms with Crippen LogP contribution in [0.1, 0.15) is 38.1 Å². The second-order valence-electron chi connectivity index (χ2n) is 8.95. The number of hydrogen-bond acceptors (Lipinski definition) is 9. The zero-order valence-electron chi connectivity index (χ0n) is 23.0. The maximum atomic E-state index is 13.6. The van der Waals surface area contributed by atoms with E-state index in [9.17, 15) is 18.3 Å². The Labute approximate surface area is 232 Å². The normalized spacial score (nSPS) is 13.2. The number of sulfonamides is 1. The third kappa shape index (κ3) is 6.34. The molecule has 3 aromatic rings. The van der Waals surface area contributed by atoms with Gasteiger partial charge in [-0.2, -0.15) is 0 Å². The second kappa shape index (κ2) is 12.5. The molecule has 0 saturated carbocycles. The number of pyridine rings is 1. The molecule has 13 nitrogen and oxygen atoms in total. The van der Waals surface area contributed by atoms with Crippen LogP contribution in [-0.2, 0) is 10.0 Å². The van der Waals surface area contributed by atoms with Gasteiger partial charge in [0.25, 0.3) is 0 Å². The number of benzene rings is 1. The van der Waals surface area contributed by atoms with Gasteiger partial charge in [0.1, 0.15) is 23.0 Å². The van der Waals surface area contributed by atoms with Crippen molar-refractivity contribution in [3.05, 3.63) is 54.0 Å². The Balaban J connectivity index is 2.20. The van der Waals surface area contributed by atoms with Crippen molar-refractivity contribution in [3.8, 4) is 28.6 Å². The number of anilines is 1. The molecule has 0 bridgehead atoms. The van der Waals surface area contributed by atoms with Gasteiger partial charge in [-0.25, -0.2) is 23.2 Å². The van der Waals surface area contributed by atoms with Gasteiger partial charge in [0.2, 0.25) is 16.0 Å². The van der Waals surface area contributed by atoms with Gasteiger partial charge in [-0.15, -0.1) is 10.2 Å². The van der Waals surface area contributed by atoms with Crippen LogP contribution in [0.15, 0.2) is 58.4 Å². The van der Waals surface area contributed by atoms with Crippen LogP contribution in [0.5, 0.6) is 11.5 Å². The number of ether oxygens (including phenoxy) is 2. The molecule has 0 fully saturated rings. The van der Waals surface area contributed by atoms with Crippen molar-refractivity contribution >= 4 is 34.5 Å². The van der Waals surface area contributed by atoms with Crippen molar-refractivity contribution in [2.75, 3.05) is 18.9 Å². The Morgan fingerprint density at radius 2 is 1.80 bits per heavy atom. The van der Waals surface area contributed by atoms with Gasteiger partial charge in [0.15, 0.2) is 5.82 Å². The number of aliphatic imine (C=N–C) groups is 2. The summed E-state index contributed by atoms with van der Waals surface area (Å²) in [4.78, 5) is 23.8. The lowest BCUT2D eigenvalue weighted by atomic mass is 10.1. The highest BCUT2D eigenvalue weighted by atomic mass is 32.2. The quantitative estimate of drug-likeness (QED) is 0.257. The van der Waals surface area contributed by atoms with Crippen LogP contribution < -0.4 is 14.2 Å². The maximum Gasteiger partial charge on any atom is 0.337 e. The third-order valence-electron chi connectivity index (χ3n) is 5.98. The fourth-order valence-corrected chi connectivity index (χ4v) is 4.91. The van der Waals surface area contributed by atoms with Crippen molar-refractivity contribution in [1.29, 1.82) is 0 Å². The van der Waals surface area contributed by atoms with Gasteiger partial charge in [0.05, 0.1) is 25.0 Å². The Kier molecular flexibility index (Phi) is 9.37. The SMILES string of the molecule is C=NC(=NC=C(C)C)[C@@H](C)[C@H](C)S(=O)(=O)Nc1nnc(-c2cncc(C(=O)O)c2)n1-c1c(OC)cccc1OC. The van der Waals surface area contributed by atoms with E-state index in [1.54, 1.807) is 31.3 Å². The summed E-state index contributed by atoms with van der Waals surface area (Å²) < 4.78 is 42.2. The lowest BCUT2D eigenvalue weighted by molar-refractivity contribution is 0.0696. The number of hydrogen-bond donors (Lipinski definition) is 2. The van der Waals surface area contributed by atoms with Crippen LogP contribution in [0, 0.1) is 5.92 Å². The number of rotatable bonds is 11. The van der Waals surface area contributed by atoms with Gasteiger partial charge in [-0.1, -0.05) is 18.6 Å². The van der Waals surface area contributed by atoms with Crippen LogP contribution in [-0.4, -0.2) is 71.3 Å². The smallest absolute Gasteiger partial charge is 0.337 e. The molecule has 14 heteroatoms. The molecule has 0 radical (unpaired) electrons. The number of nitrogens with one attached hydrogen (secondary N) is 1. The molecule has 0 saturated heterocycles. The summed E-state index contributed by atoms with van der Waals surface area (Å²) in [6, 6.07) is 6.35. The number of para-hydroxylation sites is 1. The topological polar surface area (TPSA) is 170 Å². The number of carboxylic acids is 1. The Morgan fingerprint density at radius 3 is 2.35 bits per heavy atom. The number of carbonyl (C=O) groups is 1. The van der Waals surface area contributed by atoms with Crippen LogP contribution in [0.25, 0.3) is 17.1 Å². The summed E-state index contributed by atoms with van der Waals surface area (Å²) >= 11 is 0. The van der Waals surface area contributed by atoms with Crippen LogP contribution in [0.2, 0.25) is 0 Å². The average molecular weight is 570 g/mol. The predicted octanol–water partition coefficient (Wildman–Crippen LogP) is 3.83. The molecule has 40 heavy (non-hydrogen) atoms. The molecule has 212 valence electrons. The van der Waals surface area contributed by atoms with Gasteiger partial charge < -0.3 is 14.6 Å². The summed E-state index contributed by atoms with van der Waals surface area (Å²) in [6.07, 6.45) is 4.16. The highest BCUT2D eigenvalue weighted by Crippen LogP contribution is 2.38. The number of allylic oxidation sites excluding steroid dienone is 1. The standard InChI is InChI=1S/C26H31N7O6S/c1-15(2)12-29-23(27-5)16(3)17(4)40(36,37)32-26-31-30-24(18-11-19(25(34)35)14-28-13-18)33(26)22-20(38-6)9-8-10-21(22)39-7/h8-14,16-17H,5H2,1-4,6-7H3,(H,31,32)(H,34,35)/t16-,17-/m0/s1. The summed E-state index contributed by atoms with van der Waals surface area (Å²) in [7, 11) is -1.24. The average Bonchev–Trinajstić information content (AvgIpc) is 3.34. The molecule has 0 aliphatic rings. The van der Waals surface area contributed by atoms with E-state index in [4.69, 9.17) is 9.47 Å². The molecular formula is C26H31N7O6S. The summed E-state index contributed by atoms with van der Waals surface area (Å²) in [6.45, 7) is 10.4. The summed E-state index contributed by atoms with van der Waals surface area (Å²) in [5, 5.41) is 16.7. The Bertz CT molecular complexity index is 1550. The lowest BCUT2D eigenvalue weighted by Crippen LogP contribution is -2.35. The van der Waals surface area contributed by atoms with Crippen molar-refractivity contribution in [3.63, 3.8) is 0 Å². The van der Waals surface area contributed by atoms with E-state index < -0.39 is 27.2 Å². The largest absolute Gasteiger partial charge is 0.494 e. The minimum absolute atomic E-state index is 0.0929. The maximum absolute atomic E-state index is 13.6. The van der Waals surface area contributed by atoms with E-state index in [1.807, 2.05) is 13.8 Å². The molecule has 0 unspecified atom stereocenters. The number of amidine groups is 1. The Morgan fingerprint density at radius 1 is 1.15 bits per heavy atom. The number of methoxy groups -OCH3 is 2. The second-order valence-corrected chi connectivity index (χ2v) is 11.0. The number of nitrogens with zero attached hydrogens (tertiary/aromatic N) is 6. The molecule has 3 rings (SSSR count). The van der Waals surface area contributed by atoms with Crippen molar-refractivity contribution in [1.82, 2.24) is 19.7 Å². The molecule has 2 heterocycles. The first-order valence-electron chi connectivity index (χ1n) is 12.0. The van der Waals surface area contributed by atoms with E-state index in [2.05, 4.69) is 36.6 Å². The first-order valence-corrected chi connectivity index (χ1v) is 13.5. The molecule has 0 aliphatic carbocycles. The van der Waals surface area contributed by atoms with Gasteiger partial charge in [-0.3, -0.25) is 14.3 Å². The van der Waals surface area contributed by atoms with Gasteiger partial charge in [0, 0.05) is 30.1 Å². The summed E-state index contributed by atoms with van der Waals surface area (Å²) in [5.74, 6) is -1.04. The number of aromatic carboxylic acids is 1. The van der Waals surface area contributed by atoms with Gasteiger partial charge >= 0.3 is 5.97 Å². The molecule has 0 aliphatic heterocycles. The van der Waals surface area contributed by atoms with E-state index in [0.717, 1.165) is 5.57 Å². The Hall–Kier alpha value is -4.59. The molecule has 0 spiro atoms. The van der Waals surface area contributed by atoms with E-state index in [-0.39, 0.29) is 34.4 Å². The molecule has 1 aromatic carbocycles. The molecule has 2 N–H and O–H groups in total. The van der Waals surface area contributed by atoms with Crippen LogP contribution >= 0.6 is 0 Å². The van der Waals surface area contributed by atoms with Crippen molar-refractivity contribution < 1.29 is 27.8 Å². The number of aromatic nitrogens is 4. The van der Waals surface area contributed by atoms with Gasteiger partial charge in [-0.05, 0) is 45.7 Å². The first-order chi connectivity index (χ1) is 18.9. The molecular weight excluding hydrogens is 538 g/mol.